The quantitative estimate of drug-likeness (QED) is 0.464. The molecule has 0 fully saturated rings. The minimum absolute atomic E-state index is 0.00863. The number of halogens is 6. The van der Waals surface area contributed by atoms with Crippen LogP contribution in [0, 0.1) is 11.3 Å². The molecule has 0 radical (unpaired) electrons. The van der Waals surface area contributed by atoms with E-state index in [9.17, 15) is 26.3 Å². The molecule has 8 heteroatoms. The van der Waals surface area contributed by atoms with Crippen molar-refractivity contribution in [2.45, 2.75) is 12.4 Å². The van der Waals surface area contributed by atoms with E-state index in [0.717, 1.165) is 13.4 Å². The van der Waals surface area contributed by atoms with Crippen molar-refractivity contribution in [1.82, 2.24) is 0 Å². The second-order valence-electron chi connectivity index (χ2n) is 3.67. The summed E-state index contributed by atoms with van der Waals surface area (Å²) in [6.07, 6.45) is -9.14. The molecule has 0 aliphatic carbocycles. The van der Waals surface area contributed by atoms with Crippen LogP contribution in [0.2, 0.25) is 0 Å². The molecule has 1 aromatic rings. The Balaban J connectivity index is 3.55. The summed E-state index contributed by atoms with van der Waals surface area (Å²) in [5.41, 5.74) is -3.93. The molecule has 0 aliphatic rings. The van der Waals surface area contributed by atoms with Crippen LogP contribution >= 0.6 is 0 Å². The smallest absolute Gasteiger partial charge is 0.416 e. The van der Waals surface area contributed by atoms with Crippen molar-refractivity contribution >= 4 is 5.57 Å². The molecular weight excluding hydrogens is 288 g/mol. The Morgan fingerprint density at radius 2 is 1.50 bits per heavy atom. The van der Waals surface area contributed by atoms with E-state index in [0.29, 0.717) is 12.1 Å². The number of nitriles is 1. The van der Waals surface area contributed by atoms with Crippen LogP contribution in [0.4, 0.5) is 26.3 Å². The van der Waals surface area contributed by atoms with Crippen LogP contribution in [0.15, 0.2) is 24.5 Å². The van der Waals surface area contributed by atoms with Crippen molar-refractivity contribution in [3.8, 4) is 6.07 Å². The maximum absolute atomic E-state index is 12.6. The Morgan fingerprint density at radius 3 is 1.80 bits per heavy atom. The molecule has 0 atom stereocenters. The fraction of sp³-hybridized carbons (Fsp3) is 0.250. The van der Waals surface area contributed by atoms with E-state index in [-0.39, 0.29) is 6.07 Å². The molecule has 0 saturated carbocycles. The summed E-state index contributed by atoms with van der Waals surface area (Å²) in [5.74, 6) is 0. The van der Waals surface area contributed by atoms with Gasteiger partial charge in [-0.15, -0.1) is 0 Å². The Hall–Kier alpha value is -2.17. The van der Waals surface area contributed by atoms with Gasteiger partial charge in [0.15, 0.2) is 0 Å². The lowest BCUT2D eigenvalue weighted by molar-refractivity contribution is -0.143. The molecule has 0 N–H and O–H groups in total. The summed E-state index contributed by atoms with van der Waals surface area (Å²) in [6, 6.07) is 2.39. The summed E-state index contributed by atoms with van der Waals surface area (Å²) in [7, 11) is 1.12. The molecule has 0 heterocycles. The molecule has 1 aromatic carbocycles. The van der Waals surface area contributed by atoms with Gasteiger partial charge >= 0.3 is 12.4 Å². The van der Waals surface area contributed by atoms with Crippen molar-refractivity contribution in [1.29, 1.82) is 5.26 Å². The Labute approximate surface area is 109 Å². The topological polar surface area (TPSA) is 33.0 Å². The van der Waals surface area contributed by atoms with Gasteiger partial charge < -0.3 is 4.74 Å². The van der Waals surface area contributed by atoms with Gasteiger partial charge in [-0.25, -0.2) is 0 Å². The average molecular weight is 295 g/mol. The Bertz CT molecular complexity index is 533. The van der Waals surface area contributed by atoms with Crippen molar-refractivity contribution in [3.05, 3.63) is 41.2 Å². The number of hydrogen-bond acceptors (Lipinski definition) is 2. The van der Waals surface area contributed by atoms with Gasteiger partial charge in [-0.1, -0.05) is 0 Å². The number of methoxy groups -OCH3 is 1. The molecule has 0 spiro atoms. The largest absolute Gasteiger partial charge is 0.503 e. The maximum Gasteiger partial charge on any atom is 0.416 e. The number of allylic oxidation sites excluding steroid dienone is 1. The third kappa shape index (κ3) is 3.66. The van der Waals surface area contributed by atoms with E-state index in [1.165, 1.54) is 6.07 Å². The SMILES string of the molecule is CO/C=C(\C#N)c1cc(C(F)(F)F)cc(C(F)(F)F)c1. The normalized spacial score (nSPS) is 13.0. The Kier molecular flexibility index (Phi) is 4.33. The van der Waals surface area contributed by atoms with Gasteiger partial charge in [-0.2, -0.15) is 31.6 Å². The molecule has 1 rings (SSSR count). The van der Waals surface area contributed by atoms with Gasteiger partial charge in [-0.3, -0.25) is 0 Å². The number of benzene rings is 1. The zero-order valence-corrected chi connectivity index (χ0v) is 9.93. The second-order valence-corrected chi connectivity index (χ2v) is 3.67. The highest BCUT2D eigenvalue weighted by Gasteiger charge is 2.37. The summed E-state index contributed by atoms with van der Waals surface area (Å²) < 4.78 is 80.0. The highest BCUT2D eigenvalue weighted by molar-refractivity contribution is 5.76. The van der Waals surface area contributed by atoms with Crippen LogP contribution in [0.25, 0.3) is 5.57 Å². The van der Waals surface area contributed by atoms with Gasteiger partial charge in [0.05, 0.1) is 23.8 Å². The van der Waals surface area contributed by atoms with E-state index in [1.54, 1.807) is 0 Å². The molecule has 0 bridgehead atoms. The van der Waals surface area contributed by atoms with Gasteiger partial charge in [0.1, 0.15) is 12.3 Å². The number of hydrogen-bond donors (Lipinski definition) is 0. The van der Waals surface area contributed by atoms with E-state index in [1.807, 2.05) is 0 Å². The summed E-state index contributed by atoms with van der Waals surface area (Å²) in [6.45, 7) is 0. The number of ether oxygens (including phenoxy) is 1. The first-order valence-electron chi connectivity index (χ1n) is 5.02. The fourth-order valence-electron chi connectivity index (χ4n) is 1.39. The van der Waals surface area contributed by atoms with Crippen LogP contribution in [0.3, 0.4) is 0 Å². The third-order valence-electron chi connectivity index (χ3n) is 2.25. The summed E-state index contributed by atoms with van der Waals surface area (Å²) >= 11 is 0. The van der Waals surface area contributed by atoms with Crippen LogP contribution in [0.1, 0.15) is 16.7 Å². The molecule has 0 unspecified atom stereocenters. The maximum atomic E-state index is 12.6. The minimum Gasteiger partial charge on any atom is -0.503 e. The standard InChI is InChI=1S/C12H7F6NO/c1-20-6-8(5-19)7-2-9(11(13,14)15)4-10(3-7)12(16,17)18/h2-4,6H,1H3/b8-6+. The van der Waals surface area contributed by atoms with Gasteiger partial charge in [0, 0.05) is 0 Å². The first-order chi connectivity index (χ1) is 9.09. The monoisotopic (exact) mass is 295 g/mol. The van der Waals surface area contributed by atoms with Crippen LogP contribution in [-0.2, 0) is 17.1 Å². The zero-order valence-electron chi connectivity index (χ0n) is 9.93. The van der Waals surface area contributed by atoms with Crippen LogP contribution in [-0.4, -0.2) is 7.11 Å². The highest BCUT2D eigenvalue weighted by Crippen LogP contribution is 2.37. The van der Waals surface area contributed by atoms with E-state index < -0.39 is 34.6 Å². The lowest BCUT2D eigenvalue weighted by Crippen LogP contribution is -2.11. The highest BCUT2D eigenvalue weighted by atomic mass is 19.4. The minimum atomic E-state index is -4.95. The first kappa shape index (κ1) is 15.9. The lowest BCUT2D eigenvalue weighted by atomic mass is 10.0. The molecule has 2 nitrogen and oxygen atoms in total. The average Bonchev–Trinajstić information content (AvgIpc) is 2.33. The summed E-state index contributed by atoms with van der Waals surface area (Å²) in [4.78, 5) is 0. The second kappa shape index (κ2) is 5.45. The van der Waals surface area contributed by atoms with Crippen molar-refractivity contribution in [2.24, 2.45) is 0 Å². The van der Waals surface area contributed by atoms with Crippen LogP contribution < -0.4 is 0 Å². The van der Waals surface area contributed by atoms with E-state index >= 15 is 0 Å². The van der Waals surface area contributed by atoms with Crippen molar-refractivity contribution < 1.29 is 31.1 Å². The molecule has 0 aliphatic heterocycles. The lowest BCUT2D eigenvalue weighted by Gasteiger charge is -2.13. The number of rotatable bonds is 2. The number of nitrogens with zero attached hydrogens (tertiary/aromatic N) is 1. The molecule has 108 valence electrons. The van der Waals surface area contributed by atoms with Gasteiger partial charge in [0.2, 0.25) is 0 Å². The fourth-order valence-corrected chi connectivity index (χ4v) is 1.39. The third-order valence-corrected chi connectivity index (χ3v) is 2.25. The molecule has 0 amide bonds. The van der Waals surface area contributed by atoms with E-state index in [4.69, 9.17) is 5.26 Å². The van der Waals surface area contributed by atoms with Gasteiger partial charge in [-0.05, 0) is 23.8 Å². The van der Waals surface area contributed by atoms with Crippen molar-refractivity contribution in [3.63, 3.8) is 0 Å². The predicted molar refractivity (Wildman–Crippen MR) is 57.0 cm³/mol. The van der Waals surface area contributed by atoms with Crippen molar-refractivity contribution in [2.75, 3.05) is 7.11 Å². The predicted octanol–water partition coefficient (Wildman–Crippen LogP) is 4.24. The Morgan fingerprint density at radius 1 is 1.05 bits per heavy atom. The zero-order chi connectivity index (χ0) is 15.6. The molecular formula is C12H7F6NO. The number of alkyl halides is 6. The molecule has 0 saturated heterocycles. The van der Waals surface area contributed by atoms with Crippen LogP contribution in [0.5, 0.6) is 0 Å². The summed E-state index contributed by atoms with van der Waals surface area (Å²) in [5, 5.41) is 8.74. The molecule has 20 heavy (non-hydrogen) atoms. The van der Waals surface area contributed by atoms with Gasteiger partial charge in [0.25, 0.3) is 0 Å². The van der Waals surface area contributed by atoms with E-state index in [2.05, 4.69) is 4.74 Å². The first-order valence-corrected chi connectivity index (χ1v) is 5.02. The molecule has 0 aromatic heterocycles.